The molecule has 5 nitrogen and oxygen atoms in total. The zero-order chi connectivity index (χ0) is 61.7. The first kappa shape index (κ1) is 62.4. The van der Waals surface area contributed by atoms with Crippen LogP contribution < -0.4 is 15.8 Å². The predicted molar refractivity (Wildman–Crippen MR) is 363 cm³/mol. The lowest BCUT2D eigenvalue weighted by atomic mass is 9.76. The third kappa shape index (κ3) is 12.5. The van der Waals surface area contributed by atoms with Gasteiger partial charge in [-0.3, -0.25) is 0 Å². The maximum atomic E-state index is 6.30. The van der Waals surface area contributed by atoms with Crippen molar-refractivity contribution in [2.24, 2.45) is 0 Å². The van der Waals surface area contributed by atoms with Crippen molar-refractivity contribution < 1.29 is 18.6 Å². The molecule has 0 saturated carbocycles. The van der Waals surface area contributed by atoms with E-state index in [4.69, 9.17) is 31.5 Å². The van der Waals surface area contributed by atoms with E-state index in [2.05, 4.69) is 334 Å². The molecule has 0 spiro atoms. The summed E-state index contributed by atoms with van der Waals surface area (Å²) in [5.41, 5.74) is 26.4. The largest absolute Gasteiger partial charge is 0.494 e. The standard InChI is InChI=1S/C41H12Br2S2.C34H45B2NO4/c1-5-8-11-14-17-20-23-40(4)32-26-31-33(27-30(32)38-34(40)28-36(42)44-38)41(24-21-18-15-12-9-6-2,25-22-19-16-13-10-7-3)35-29-37(43)45-39(31)35;1-11-24(2)25-12-18-28(19-13-25)37(29-20-14-26(15-21-29)35-38-31(3,4)32(5,6)39-35)30-22-16-27(17-23-30)36-40-33(7,8)34(9,10)41-36/h1-2,25-29H,3H2,4H3;12-24H,11H2,1-10H3. The van der Waals surface area contributed by atoms with Crippen molar-refractivity contribution in [1.29, 1.82) is 0 Å². The maximum absolute atomic E-state index is 6.30. The third-order valence-corrected chi connectivity index (χ3v) is 19.9. The molecular weight excluding hydrogens is 1220 g/mol. The lowest BCUT2D eigenvalue weighted by Gasteiger charge is -2.32. The summed E-state index contributed by atoms with van der Waals surface area (Å²) in [4.78, 5) is 4.49. The highest BCUT2D eigenvalue weighted by Crippen LogP contribution is 2.60. The maximum Gasteiger partial charge on any atom is 0.494 e. The van der Waals surface area contributed by atoms with Crippen LogP contribution >= 0.6 is 54.5 Å². The zero-order valence-corrected chi connectivity index (χ0v) is 54.6. The quantitative estimate of drug-likeness (QED) is 0.0863. The van der Waals surface area contributed by atoms with E-state index in [1.807, 2.05) is 6.08 Å². The molecular formula is C75H57B2Br2NO4S2. The lowest BCUT2D eigenvalue weighted by Crippen LogP contribution is -2.41. The van der Waals surface area contributed by atoms with E-state index >= 15 is 0 Å². The van der Waals surface area contributed by atoms with Crippen LogP contribution in [-0.2, 0) is 29.4 Å². The molecule has 10 rings (SSSR count). The number of hydrogen-bond acceptors (Lipinski definition) is 7. The third-order valence-electron chi connectivity index (χ3n) is 16.5. The topological polar surface area (TPSA) is 40.2 Å². The van der Waals surface area contributed by atoms with Gasteiger partial charge in [-0.1, -0.05) is 73.5 Å². The first-order valence-corrected chi connectivity index (χ1v) is 30.9. The van der Waals surface area contributed by atoms with Crippen LogP contribution in [0.5, 0.6) is 0 Å². The first-order chi connectivity index (χ1) is 41.0. The van der Waals surface area contributed by atoms with E-state index in [-0.39, 0.29) is 22.4 Å². The van der Waals surface area contributed by atoms with Gasteiger partial charge in [-0.15, -0.1) is 35.5 Å². The number of halogens is 2. The van der Waals surface area contributed by atoms with Gasteiger partial charge in [0.1, 0.15) is 5.41 Å². The molecule has 0 N–H and O–H groups in total. The molecule has 3 atom stereocenters. The van der Waals surface area contributed by atoms with Gasteiger partial charge in [0, 0.05) is 26.8 Å². The summed E-state index contributed by atoms with van der Waals surface area (Å²) in [7, 11) is -0.784. The normalized spacial score (nSPS) is 18.4. The Kier molecular flexibility index (Phi) is 18.5. The Bertz CT molecular complexity index is 4370. The minimum Gasteiger partial charge on any atom is -0.399 e. The van der Waals surface area contributed by atoms with E-state index in [9.17, 15) is 0 Å². The number of thiophene rings is 2. The second-order valence-corrected chi connectivity index (χ2v) is 27.7. The fourth-order valence-electron chi connectivity index (χ4n) is 10.2. The summed E-state index contributed by atoms with van der Waals surface area (Å²) in [5.74, 6) is 39.1. The average Bonchev–Trinajstić information content (AvgIpc) is 1.54. The predicted octanol–water partition coefficient (Wildman–Crippen LogP) is 15.6. The Balaban J connectivity index is 0.000000206. The summed E-state index contributed by atoms with van der Waals surface area (Å²) < 4.78 is 27.2. The smallest absolute Gasteiger partial charge is 0.399 e. The second-order valence-electron chi connectivity index (χ2n) is 22.8. The monoisotopic (exact) mass is 1280 g/mol. The molecule has 3 unspecified atom stereocenters. The molecule has 0 amide bonds. The number of nitrogens with zero attached hydrogens (tertiary/aromatic N) is 1. The van der Waals surface area contributed by atoms with Gasteiger partial charge in [-0.25, -0.2) is 0 Å². The average molecular weight is 1280 g/mol. The van der Waals surface area contributed by atoms with Gasteiger partial charge in [0.15, 0.2) is 0 Å². The molecule has 4 aliphatic rings. The Hall–Kier alpha value is -8.09. The van der Waals surface area contributed by atoms with Crippen molar-refractivity contribution in [1.82, 2.24) is 0 Å². The van der Waals surface area contributed by atoms with Crippen LogP contribution in [-0.4, -0.2) is 36.6 Å². The fraction of sp³-hybridized carbons (Fsp3) is 0.253. The van der Waals surface area contributed by atoms with E-state index in [0.717, 1.165) is 85.1 Å². The van der Waals surface area contributed by atoms with E-state index in [0.29, 0.717) is 5.92 Å². The summed E-state index contributed by atoms with van der Waals surface area (Å²) >= 11 is 10.7. The molecule has 418 valence electrons. The molecule has 2 aliphatic carbocycles. The van der Waals surface area contributed by atoms with E-state index < -0.39 is 25.1 Å². The molecule has 86 heavy (non-hydrogen) atoms. The minimum absolute atomic E-state index is 0.376. The van der Waals surface area contributed by atoms with Crippen LogP contribution in [0.2, 0.25) is 0 Å². The highest BCUT2D eigenvalue weighted by atomic mass is 79.9. The molecule has 0 bridgehead atoms. The molecule has 11 heteroatoms. The molecule has 6 aromatic rings. The number of rotatable bonds is 8. The second kappa shape index (κ2) is 25.5. The van der Waals surface area contributed by atoms with Crippen molar-refractivity contribution in [3.8, 4) is 117 Å². The number of anilines is 3. The van der Waals surface area contributed by atoms with Crippen molar-refractivity contribution in [3.05, 3.63) is 179 Å². The Morgan fingerprint density at radius 1 is 0.535 bits per heavy atom. The molecule has 2 fully saturated rings. The van der Waals surface area contributed by atoms with Crippen LogP contribution in [0.4, 0.5) is 17.1 Å². The van der Waals surface area contributed by atoms with Crippen LogP contribution in [0.25, 0.3) is 20.9 Å². The highest BCUT2D eigenvalue weighted by molar-refractivity contribution is 9.11. The molecule has 0 radical (unpaired) electrons. The number of hydrogen-bond donors (Lipinski definition) is 0. The lowest BCUT2D eigenvalue weighted by molar-refractivity contribution is 0.00578. The van der Waals surface area contributed by atoms with Gasteiger partial charge < -0.3 is 23.5 Å². The van der Waals surface area contributed by atoms with Crippen LogP contribution in [0.15, 0.2) is 152 Å². The Morgan fingerprint density at radius 2 is 0.953 bits per heavy atom. The van der Waals surface area contributed by atoms with Crippen molar-refractivity contribution >= 4 is 96.8 Å². The summed E-state index contributed by atoms with van der Waals surface area (Å²) in [5, 5.41) is 0. The van der Waals surface area contributed by atoms with Crippen molar-refractivity contribution in [2.45, 2.75) is 122 Å². The van der Waals surface area contributed by atoms with Gasteiger partial charge in [0.2, 0.25) is 0 Å². The molecule has 4 aromatic carbocycles. The Labute approximate surface area is 534 Å². The molecule has 2 aromatic heterocycles. The summed E-state index contributed by atoms with van der Waals surface area (Å²) in [6, 6.07) is 34.6. The number of fused-ring (bicyclic) bond motifs is 6. The van der Waals surface area contributed by atoms with Gasteiger partial charge in [-0.2, -0.15) is 0 Å². The molecule has 2 saturated heterocycles. The Morgan fingerprint density at radius 3 is 1.44 bits per heavy atom. The highest BCUT2D eigenvalue weighted by Gasteiger charge is 2.53. The first-order valence-electron chi connectivity index (χ1n) is 27.7. The van der Waals surface area contributed by atoms with Crippen molar-refractivity contribution in [2.75, 3.05) is 4.90 Å². The van der Waals surface area contributed by atoms with Gasteiger partial charge in [0.05, 0.1) is 35.4 Å². The van der Waals surface area contributed by atoms with Gasteiger partial charge >= 0.3 is 14.2 Å². The van der Waals surface area contributed by atoms with E-state index in [1.54, 1.807) is 22.7 Å². The fourth-order valence-corrected chi connectivity index (χ4v) is 13.7. The number of benzene rings is 4. The molecule has 4 heterocycles. The molecule has 2 aliphatic heterocycles. The van der Waals surface area contributed by atoms with E-state index in [1.165, 1.54) is 5.56 Å². The summed E-state index contributed by atoms with van der Waals surface area (Å²) in [6.45, 7) is 26.8. The zero-order valence-electron chi connectivity index (χ0n) is 49.8. The number of terminal acetylenes is 2. The van der Waals surface area contributed by atoms with Gasteiger partial charge in [-0.05, 0) is 324 Å². The van der Waals surface area contributed by atoms with Crippen LogP contribution in [0, 0.1) is 95.7 Å². The minimum atomic E-state index is -0.899. The van der Waals surface area contributed by atoms with Gasteiger partial charge in [0.25, 0.3) is 0 Å². The van der Waals surface area contributed by atoms with Crippen LogP contribution in [0.3, 0.4) is 0 Å². The van der Waals surface area contributed by atoms with Crippen LogP contribution in [0.1, 0.15) is 116 Å². The van der Waals surface area contributed by atoms with Crippen molar-refractivity contribution in [3.63, 3.8) is 0 Å². The number of allylic oxidation sites excluding steroid dienone is 1. The summed E-state index contributed by atoms with van der Waals surface area (Å²) in [6.07, 6.45) is 13.4. The SMILES string of the molecule is C#CC#CC#CC#CC1(C)c2cc3c(cc2-c2sc(Br)cc21)C(C#CC#CC#CC#C)(C=C=C=C=C=C=C=C)c1cc(Br)sc1-3.CCC(C)c1ccc(N(c2ccc(B3OC(C)(C)C(C)(C)O3)cc2)c2ccc(B3OC(C)(C)C(C)(C)O3)cc2)cc1.